The molecule has 1 saturated heterocycles. The maximum absolute atomic E-state index is 12.6. The smallest absolute Gasteiger partial charge is 0.204 e. The first-order valence-electron chi connectivity index (χ1n) is 7.58. The molecule has 1 aromatic heterocycles. The topological polar surface area (TPSA) is 41.6 Å². The Morgan fingerprint density at radius 1 is 1.29 bits per heavy atom. The Bertz CT molecular complexity index is 682. The van der Waals surface area contributed by atoms with Crippen LogP contribution in [0, 0.1) is 0 Å². The first-order chi connectivity index (χ1) is 11.2. The first-order valence-corrected chi connectivity index (χ1v) is 8.84. The minimum absolute atomic E-state index is 0. The predicted octanol–water partition coefficient (Wildman–Crippen LogP) is 3.61. The van der Waals surface area contributed by atoms with Crippen molar-refractivity contribution in [2.45, 2.75) is 6.54 Å². The van der Waals surface area contributed by atoms with Crippen molar-refractivity contribution >= 4 is 46.8 Å². The third kappa shape index (κ3) is 4.10. The normalized spacial score (nSPS) is 14.3. The molecule has 0 bridgehead atoms. The number of thiophene rings is 1. The molecule has 1 N–H and O–H groups in total. The fourth-order valence-electron chi connectivity index (χ4n) is 2.62. The summed E-state index contributed by atoms with van der Waals surface area (Å²) in [5, 5.41) is 5.56. The van der Waals surface area contributed by atoms with Gasteiger partial charge in [0.1, 0.15) is 0 Å². The molecule has 1 aliphatic heterocycles. The van der Waals surface area contributed by atoms with Gasteiger partial charge in [0.05, 0.1) is 23.1 Å². The number of halogens is 2. The molecule has 4 nitrogen and oxygen atoms in total. The molecular weight excluding hydrogens is 367 g/mol. The Morgan fingerprint density at radius 3 is 2.58 bits per heavy atom. The number of rotatable bonds is 5. The van der Waals surface area contributed by atoms with E-state index in [9.17, 15) is 4.79 Å². The fraction of sp³-hybridized carbons (Fsp3) is 0.353. The van der Waals surface area contributed by atoms with Gasteiger partial charge in [0.2, 0.25) is 5.78 Å². The van der Waals surface area contributed by atoms with Gasteiger partial charge in [-0.1, -0.05) is 11.6 Å². The summed E-state index contributed by atoms with van der Waals surface area (Å²) in [5.74, 6) is -0.0177. The van der Waals surface area contributed by atoms with E-state index < -0.39 is 0 Å². The molecule has 0 aliphatic carbocycles. The molecule has 0 saturated carbocycles. The molecule has 1 aromatic carbocycles. The largest absolute Gasteiger partial charge is 0.378 e. The quantitative estimate of drug-likeness (QED) is 0.796. The van der Waals surface area contributed by atoms with Crippen LogP contribution >= 0.6 is 35.3 Å². The molecule has 2 aromatic rings. The van der Waals surface area contributed by atoms with Crippen LogP contribution in [0.15, 0.2) is 29.6 Å². The second-order valence-electron chi connectivity index (χ2n) is 5.41. The highest BCUT2D eigenvalue weighted by molar-refractivity contribution is 7.13. The maximum Gasteiger partial charge on any atom is 0.204 e. The lowest BCUT2D eigenvalue weighted by Crippen LogP contribution is -2.36. The van der Waals surface area contributed by atoms with Gasteiger partial charge in [-0.2, -0.15) is 0 Å². The van der Waals surface area contributed by atoms with Crippen LogP contribution in [0.25, 0.3) is 0 Å². The highest BCUT2D eigenvalue weighted by Gasteiger charge is 2.18. The Morgan fingerprint density at radius 2 is 1.96 bits per heavy atom. The molecule has 24 heavy (non-hydrogen) atoms. The molecule has 0 spiro atoms. The number of benzene rings is 1. The molecule has 1 aliphatic rings. The van der Waals surface area contributed by atoms with Crippen LogP contribution in [0.1, 0.15) is 20.8 Å². The Hall–Kier alpha value is -1.11. The van der Waals surface area contributed by atoms with Gasteiger partial charge in [0.25, 0.3) is 0 Å². The second kappa shape index (κ2) is 8.83. The van der Waals surface area contributed by atoms with E-state index in [0.29, 0.717) is 22.0 Å². The van der Waals surface area contributed by atoms with Crippen LogP contribution in [-0.4, -0.2) is 39.1 Å². The molecule has 0 amide bonds. The van der Waals surface area contributed by atoms with E-state index in [1.807, 2.05) is 36.7 Å². The SMILES string of the molecule is CNCc1csc(C(=O)c2ccc(N3CCOCC3)cc2)c1Cl.Cl. The van der Waals surface area contributed by atoms with Gasteiger partial charge in [-0.05, 0) is 42.3 Å². The molecule has 0 radical (unpaired) electrons. The van der Waals surface area contributed by atoms with E-state index in [1.165, 1.54) is 11.3 Å². The molecule has 2 heterocycles. The summed E-state index contributed by atoms with van der Waals surface area (Å²) in [5.41, 5.74) is 2.76. The molecule has 0 atom stereocenters. The number of ether oxygens (including phenoxy) is 1. The maximum atomic E-state index is 12.6. The third-order valence-electron chi connectivity index (χ3n) is 3.88. The molecule has 0 unspecified atom stereocenters. The fourth-order valence-corrected chi connectivity index (χ4v) is 3.94. The van der Waals surface area contributed by atoms with Crippen LogP contribution in [0.3, 0.4) is 0 Å². The number of hydrogen-bond donors (Lipinski definition) is 1. The van der Waals surface area contributed by atoms with E-state index in [4.69, 9.17) is 16.3 Å². The molecule has 130 valence electrons. The van der Waals surface area contributed by atoms with E-state index in [1.54, 1.807) is 0 Å². The number of anilines is 1. The van der Waals surface area contributed by atoms with Crippen molar-refractivity contribution in [3.05, 3.63) is 50.7 Å². The van der Waals surface area contributed by atoms with E-state index >= 15 is 0 Å². The second-order valence-corrected chi connectivity index (χ2v) is 6.67. The van der Waals surface area contributed by atoms with Crippen molar-refractivity contribution in [1.29, 1.82) is 0 Å². The summed E-state index contributed by atoms with van der Waals surface area (Å²) < 4.78 is 5.36. The number of ketones is 1. The lowest BCUT2D eigenvalue weighted by molar-refractivity contribution is 0.104. The Labute approximate surface area is 157 Å². The van der Waals surface area contributed by atoms with Crippen molar-refractivity contribution in [1.82, 2.24) is 5.32 Å². The van der Waals surface area contributed by atoms with Crippen molar-refractivity contribution < 1.29 is 9.53 Å². The highest BCUT2D eigenvalue weighted by atomic mass is 35.5. The minimum Gasteiger partial charge on any atom is -0.378 e. The summed E-state index contributed by atoms with van der Waals surface area (Å²) >= 11 is 7.73. The van der Waals surface area contributed by atoms with Gasteiger partial charge in [-0.3, -0.25) is 4.79 Å². The van der Waals surface area contributed by atoms with Crippen LogP contribution in [0.5, 0.6) is 0 Å². The van der Waals surface area contributed by atoms with E-state index in [-0.39, 0.29) is 18.2 Å². The number of carbonyl (C=O) groups excluding carboxylic acids is 1. The average Bonchev–Trinajstić information content (AvgIpc) is 2.96. The highest BCUT2D eigenvalue weighted by Crippen LogP contribution is 2.30. The van der Waals surface area contributed by atoms with Crippen LogP contribution in [-0.2, 0) is 11.3 Å². The van der Waals surface area contributed by atoms with Gasteiger partial charge >= 0.3 is 0 Å². The molecule has 3 rings (SSSR count). The van der Waals surface area contributed by atoms with Crippen LogP contribution in [0.2, 0.25) is 5.02 Å². The summed E-state index contributed by atoms with van der Waals surface area (Å²) in [6.45, 7) is 3.94. The van der Waals surface area contributed by atoms with Crippen molar-refractivity contribution in [2.75, 3.05) is 38.3 Å². The van der Waals surface area contributed by atoms with Gasteiger partial charge in [0.15, 0.2) is 0 Å². The van der Waals surface area contributed by atoms with Crippen molar-refractivity contribution in [3.63, 3.8) is 0 Å². The van der Waals surface area contributed by atoms with E-state index in [0.717, 1.165) is 37.6 Å². The summed E-state index contributed by atoms with van der Waals surface area (Å²) in [7, 11) is 1.86. The summed E-state index contributed by atoms with van der Waals surface area (Å²) in [6.07, 6.45) is 0. The summed E-state index contributed by atoms with van der Waals surface area (Å²) in [6, 6.07) is 7.74. The van der Waals surface area contributed by atoms with Gasteiger partial charge in [0, 0.05) is 30.9 Å². The monoisotopic (exact) mass is 386 g/mol. The van der Waals surface area contributed by atoms with Gasteiger partial charge in [-0.25, -0.2) is 0 Å². The zero-order valence-electron chi connectivity index (χ0n) is 13.4. The number of carbonyl (C=O) groups is 1. The van der Waals surface area contributed by atoms with Crippen molar-refractivity contribution in [3.8, 4) is 0 Å². The predicted molar refractivity (Wildman–Crippen MR) is 102 cm³/mol. The minimum atomic E-state index is -0.0177. The zero-order chi connectivity index (χ0) is 16.2. The van der Waals surface area contributed by atoms with Gasteiger partial charge < -0.3 is 15.0 Å². The van der Waals surface area contributed by atoms with Crippen molar-refractivity contribution in [2.24, 2.45) is 0 Å². The number of morpholine rings is 1. The number of nitrogens with one attached hydrogen (secondary N) is 1. The number of nitrogens with zero attached hydrogens (tertiary/aromatic N) is 1. The lowest BCUT2D eigenvalue weighted by atomic mass is 10.1. The zero-order valence-corrected chi connectivity index (χ0v) is 15.8. The molecule has 1 fully saturated rings. The summed E-state index contributed by atoms with van der Waals surface area (Å²) in [4.78, 5) is 15.5. The van der Waals surface area contributed by atoms with Crippen LogP contribution < -0.4 is 10.2 Å². The third-order valence-corrected chi connectivity index (χ3v) is 5.45. The average molecular weight is 387 g/mol. The number of hydrogen-bond acceptors (Lipinski definition) is 5. The van der Waals surface area contributed by atoms with Crippen LogP contribution in [0.4, 0.5) is 5.69 Å². The standard InChI is InChI=1S/C17H19ClN2O2S.ClH/c1-19-10-13-11-23-17(15(13)18)16(21)12-2-4-14(5-3-12)20-6-8-22-9-7-20;/h2-5,11,19H,6-10H2,1H3;1H. The van der Waals surface area contributed by atoms with E-state index in [2.05, 4.69) is 10.2 Å². The molecule has 7 heteroatoms. The molecular formula is C17H20Cl2N2O2S. The van der Waals surface area contributed by atoms with Gasteiger partial charge in [-0.15, -0.1) is 23.7 Å². The first kappa shape index (κ1) is 19.2. The Kier molecular flexibility index (Phi) is 7.07. The lowest BCUT2D eigenvalue weighted by Gasteiger charge is -2.28. The Balaban J connectivity index is 0.00000208.